The molecule has 0 spiro atoms. The molecule has 0 saturated heterocycles. The van der Waals surface area contributed by atoms with E-state index in [9.17, 15) is 4.79 Å². The van der Waals surface area contributed by atoms with Gasteiger partial charge in [0.25, 0.3) is 5.91 Å². The molecule has 34 heavy (non-hydrogen) atoms. The van der Waals surface area contributed by atoms with E-state index in [0.717, 1.165) is 57.9 Å². The van der Waals surface area contributed by atoms with Gasteiger partial charge in [-0.25, -0.2) is 4.98 Å². The number of nitrogens with two attached hydrogens (primary N) is 1. The maximum Gasteiger partial charge on any atom is 0.267 e. The van der Waals surface area contributed by atoms with Gasteiger partial charge in [-0.3, -0.25) is 4.79 Å². The number of nitrogens with zero attached hydrogens (tertiary/aromatic N) is 2. The first-order valence-electron chi connectivity index (χ1n) is 10.7. The van der Waals surface area contributed by atoms with Gasteiger partial charge in [-0.05, 0) is 48.5 Å². The monoisotopic (exact) mass is 512 g/mol. The molecule has 0 aliphatic carbocycles. The van der Waals surface area contributed by atoms with Gasteiger partial charge < -0.3 is 20.7 Å². The van der Waals surface area contributed by atoms with E-state index in [-0.39, 0.29) is 5.91 Å². The lowest BCUT2D eigenvalue weighted by Crippen LogP contribution is -2.27. The van der Waals surface area contributed by atoms with Gasteiger partial charge in [-0.2, -0.15) is 0 Å². The number of fused-ring (bicyclic) bond motifs is 2. The molecule has 5 rings (SSSR count). The van der Waals surface area contributed by atoms with Crippen molar-refractivity contribution in [2.75, 3.05) is 31.8 Å². The molecule has 0 saturated carbocycles. The van der Waals surface area contributed by atoms with Crippen LogP contribution in [0.25, 0.3) is 21.3 Å². The lowest BCUT2D eigenvalue weighted by molar-refractivity contribution is 0.103. The summed E-state index contributed by atoms with van der Waals surface area (Å²) < 4.78 is 5.34. The van der Waals surface area contributed by atoms with Crippen LogP contribution in [0.3, 0.4) is 0 Å². The molecule has 1 amide bonds. The summed E-state index contributed by atoms with van der Waals surface area (Å²) in [4.78, 5) is 21.6. The molecule has 0 fully saturated rings. The molecule has 1 aliphatic rings. The van der Waals surface area contributed by atoms with Crippen LogP contribution in [0.1, 0.15) is 20.9 Å². The topological polar surface area (TPSA) is 80.5 Å². The number of anilines is 2. The molecule has 0 bridgehead atoms. The molecule has 174 valence electrons. The largest absolute Gasteiger partial charge is 0.497 e. The van der Waals surface area contributed by atoms with Crippen LogP contribution < -0.4 is 15.8 Å². The molecule has 2 aromatic carbocycles. The summed E-state index contributed by atoms with van der Waals surface area (Å²) in [6.45, 7) is 1.69. The lowest BCUT2D eigenvalue weighted by atomic mass is 9.92. The number of thiophene rings is 1. The minimum absolute atomic E-state index is 0.310. The van der Waals surface area contributed by atoms with Gasteiger partial charge in [0.2, 0.25) is 0 Å². The van der Waals surface area contributed by atoms with E-state index in [4.69, 9.17) is 38.7 Å². The Morgan fingerprint density at radius 2 is 1.94 bits per heavy atom. The van der Waals surface area contributed by atoms with E-state index in [1.54, 1.807) is 25.3 Å². The van der Waals surface area contributed by atoms with E-state index in [1.807, 2.05) is 24.3 Å². The Labute approximate surface area is 211 Å². The smallest absolute Gasteiger partial charge is 0.267 e. The average Bonchev–Trinajstić information content (AvgIpc) is 3.16. The second kappa shape index (κ2) is 9.07. The van der Waals surface area contributed by atoms with Crippen LogP contribution in [0.5, 0.6) is 5.75 Å². The minimum atomic E-state index is -0.310. The zero-order valence-electron chi connectivity index (χ0n) is 18.6. The summed E-state index contributed by atoms with van der Waals surface area (Å²) in [6.07, 6.45) is 0.841. The first-order chi connectivity index (χ1) is 16.4. The predicted molar refractivity (Wildman–Crippen MR) is 140 cm³/mol. The van der Waals surface area contributed by atoms with E-state index >= 15 is 0 Å². The lowest BCUT2D eigenvalue weighted by Gasteiger charge is -2.27. The van der Waals surface area contributed by atoms with Crippen LogP contribution in [-0.4, -0.2) is 36.5 Å². The minimum Gasteiger partial charge on any atom is -0.497 e. The first-order valence-corrected chi connectivity index (χ1v) is 12.3. The number of aromatic nitrogens is 1. The summed E-state index contributed by atoms with van der Waals surface area (Å²) in [7, 11) is 3.74. The van der Waals surface area contributed by atoms with Gasteiger partial charge in [-0.15, -0.1) is 11.3 Å². The Morgan fingerprint density at radius 3 is 2.65 bits per heavy atom. The number of nitrogen functional groups attached to an aromatic ring is 1. The Balaban J connectivity index is 1.65. The number of pyridine rings is 1. The summed E-state index contributed by atoms with van der Waals surface area (Å²) >= 11 is 13.4. The third-order valence-electron chi connectivity index (χ3n) is 5.98. The van der Waals surface area contributed by atoms with Crippen molar-refractivity contribution in [2.45, 2.75) is 13.0 Å². The fourth-order valence-corrected chi connectivity index (χ4v) is 5.58. The molecule has 4 aromatic rings. The zero-order valence-corrected chi connectivity index (χ0v) is 20.9. The Bertz CT molecular complexity index is 1420. The molecule has 0 unspecified atom stereocenters. The Hall–Kier alpha value is -2.84. The van der Waals surface area contributed by atoms with Crippen LogP contribution in [0.2, 0.25) is 10.0 Å². The maximum absolute atomic E-state index is 13.2. The van der Waals surface area contributed by atoms with Gasteiger partial charge in [0.15, 0.2) is 0 Å². The molecule has 2 aromatic heterocycles. The van der Waals surface area contributed by atoms with E-state index in [2.05, 4.69) is 17.3 Å². The first kappa shape index (κ1) is 22.9. The highest BCUT2D eigenvalue weighted by molar-refractivity contribution is 7.21. The fraction of sp³-hybridized carbons (Fsp3) is 0.200. The van der Waals surface area contributed by atoms with Gasteiger partial charge >= 0.3 is 0 Å². The van der Waals surface area contributed by atoms with Gasteiger partial charge in [0, 0.05) is 41.8 Å². The van der Waals surface area contributed by atoms with Crippen molar-refractivity contribution in [3.63, 3.8) is 0 Å². The number of hydrogen-bond acceptors (Lipinski definition) is 6. The van der Waals surface area contributed by atoms with Crippen molar-refractivity contribution in [1.29, 1.82) is 0 Å². The highest BCUT2D eigenvalue weighted by Crippen LogP contribution is 2.44. The summed E-state index contributed by atoms with van der Waals surface area (Å²) in [5.74, 6) is 0.467. The number of ether oxygens (including phenoxy) is 1. The highest BCUT2D eigenvalue weighted by Gasteiger charge is 2.27. The van der Waals surface area contributed by atoms with Gasteiger partial charge in [-0.1, -0.05) is 35.3 Å². The molecule has 0 atom stereocenters. The van der Waals surface area contributed by atoms with Gasteiger partial charge in [0.1, 0.15) is 15.5 Å². The molecule has 3 heterocycles. The molecule has 1 aliphatic heterocycles. The molecular weight excluding hydrogens is 491 g/mol. The molecule has 3 N–H and O–H groups in total. The predicted octanol–water partition coefficient (Wildman–Crippen LogP) is 6.10. The number of nitrogens with one attached hydrogen (secondary N) is 1. The third-order valence-corrected chi connectivity index (χ3v) is 7.82. The summed E-state index contributed by atoms with van der Waals surface area (Å²) in [5, 5.41) is 4.47. The van der Waals surface area contributed by atoms with Crippen molar-refractivity contribution >= 4 is 62.0 Å². The van der Waals surface area contributed by atoms with Crippen molar-refractivity contribution in [2.24, 2.45) is 0 Å². The number of methoxy groups -OCH3 is 1. The van der Waals surface area contributed by atoms with Crippen LogP contribution in [0.4, 0.5) is 11.4 Å². The number of rotatable bonds is 4. The number of halogens is 2. The number of benzene rings is 2. The zero-order chi connectivity index (χ0) is 24.0. The van der Waals surface area contributed by atoms with Crippen LogP contribution in [-0.2, 0) is 13.0 Å². The molecule has 9 heteroatoms. The Morgan fingerprint density at radius 1 is 1.18 bits per heavy atom. The quantitative estimate of drug-likeness (QED) is 0.345. The summed E-state index contributed by atoms with van der Waals surface area (Å²) in [6, 6.07) is 12.9. The fourth-order valence-electron chi connectivity index (χ4n) is 4.27. The van der Waals surface area contributed by atoms with Crippen molar-refractivity contribution in [3.05, 3.63) is 68.6 Å². The number of likely N-dealkylation sites (N-methyl/N-ethyl adjacent to an activating group) is 1. The molecule has 0 radical (unpaired) electrons. The van der Waals surface area contributed by atoms with Gasteiger partial charge in [0.05, 0.1) is 22.8 Å². The second-order valence-corrected chi connectivity index (χ2v) is 10.0. The van der Waals surface area contributed by atoms with Crippen LogP contribution in [0, 0.1) is 0 Å². The van der Waals surface area contributed by atoms with Crippen LogP contribution >= 0.6 is 34.5 Å². The van der Waals surface area contributed by atoms with E-state index in [0.29, 0.717) is 26.3 Å². The van der Waals surface area contributed by atoms with Crippen LogP contribution in [0.15, 0.2) is 42.5 Å². The van der Waals surface area contributed by atoms with E-state index < -0.39 is 0 Å². The van der Waals surface area contributed by atoms with Crippen molar-refractivity contribution in [3.8, 4) is 16.9 Å². The van der Waals surface area contributed by atoms with E-state index in [1.165, 1.54) is 11.3 Å². The Kier molecular flexibility index (Phi) is 6.12. The second-order valence-electron chi connectivity index (χ2n) is 8.24. The maximum atomic E-state index is 13.2. The highest BCUT2D eigenvalue weighted by atomic mass is 35.5. The number of amides is 1. The standard InChI is InChI=1S/C25H22Cl2N4O2S/c1-31-10-9-19-16(12-31)20(13-3-6-15(33-2)7-4-13)21-22(28)23(34-25(21)30-19)24(32)29-14-5-8-17(26)18(27)11-14/h3-8,11H,9-10,12,28H2,1-2H3,(H,29,32). The molecular formula is C25H22Cl2N4O2S. The average molecular weight is 513 g/mol. The molecule has 6 nitrogen and oxygen atoms in total. The SMILES string of the molecule is COc1ccc(-c2c3c(nc4sc(C(=O)Nc5ccc(Cl)c(Cl)c5)c(N)c24)CCN(C)C3)cc1. The van der Waals surface area contributed by atoms with Crippen molar-refractivity contribution in [1.82, 2.24) is 9.88 Å². The summed E-state index contributed by atoms with van der Waals surface area (Å²) in [5.41, 5.74) is 11.8. The number of carbonyl (C=O) groups excluding carboxylic acids is 1. The van der Waals surface area contributed by atoms with Crippen molar-refractivity contribution < 1.29 is 9.53 Å². The number of hydrogen-bond donors (Lipinski definition) is 2. The number of carbonyl (C=O) groups is 1. The third kappa shape index (κ3) is 4.09. The normalized spacial score (nSPS) is 13.6.